The Morgan fingerprint density at radius 3 is 2.17 bits per heavy atom. The van der Waals surface area contributed by atoms with Crippen LogP contribution in [0.1, 0.15) is 18.4 Å². The second-order valence-corrected chi connectivity index (χ2v) is 3.80. The van der Waals surface area contributed by atoms with E-state index >= 15 is 0 Å². The molecule has 0 radical (unpaired) electrons. The average molecular weight is 251 g/mol. The van der Waals surface area contributed by atoms with E-state index in [1.807, 2.05) is 31.2 Å². The molecule has 0 atom stereocenters. The van der Waals surface area contributed by atoms with Crippen LogP contribution < -0.4 is 5.73 Å². The molecule has 1 aliphatic rings. The molecule has 0 saturated heterocycles. The van der Waals surface area contributed by atoms with Gasteiger partial charge in [-0.05, 0) is 26.8 Å². The van der Waals surface area contributed by atoms with Crippen LogP contribution in [-0.4, -0.2) is 23.4 Å². The lowest BCUT2D eigenvalue weighted by atomic mass is 10.1. The van der Waals surface area contributed by atoms with Crippen molar-refractivity contribution in [2.75, 3.05) is 7.05 Å². The number of hydrogen-bond acceptors (Lipinski definition) is 4. The lowest BCUT2D eigenvalue weighted by Gasteiger charge is -1.93. The van der Waals surface area contributed by atoms with E-state index in [0.717, 1.165) is 18.4 Å². The molecule has 0 aliphatic heterocycles. The summed E-state index contributed by atoms with van der Waals surface area (Å²) in [6, 6.07) is 7.98. The number of aromatic nitrogens is 2. The molecule has 0 spiro atoms. The van der Waals surface area contributed by atoms with Crippen LogP contribution in [0.15, 0.2) is 35.2 Å². The standard InChI is InChI=1S/C9H8N2O.C3H5F.CH5N/c1-7-2-4-8(5-3-7)9-10-6-12-11-9;4-3-1-2-3;1-2/h2-6H,1H3;3H,1-2H2;2H2,1H3. The van der Waals surface area contributed by atoms with Gasteiger partial charge in [-0.1, -0.05) is 35.0 Å². The van der Waals surface area contributed by atoms with E-state index < -0.39 is 6.17 Å². The molecular formula is C13H18FN3O. The summed E-state index contributed by atoms with van der Waals surface area (Å²) >= 11 is 0. The SMILES string of the molecule is CN.Cc1ccc(-c2ncon2)cc1.FC1CC1. The molecular weight excluding hydrogens is 233 g/mol. The number of alkyl halides is 1. The zero-order chi connectivity index (χ0) is 13.4. The maximum atomic E-state index is 11.1. The number of nitrogens with two attached hydrogens (primary N) is 1. The van der Waals surface area contributed by atoms with Gasteiger partial charge in [-0.15, -0.1) is 0 Å². The molecule has 4 nitrogen and oxygen atoms in total. The van der Waals surface area contributed by atoms with Gasteiger partial charge in [-0.25, -0.2) is 4.39 Å². The molecule has 3 rings (SSSR count). The maximum absolute atomic E-state index is 11.1. The van der Waals surface area contributed by atoms with Crippen molar-refractivity contribution in [1.82, 2.24) is 10.1 Å². The van der Waals surface area contributed by atoms with Gasteiger partial charge in [0, 0.05) is 5.56 Å². The summed E-state index contributed by atoms with van der Waals surface area (Å²) in [6.07, 6.45) is 2.55. The minimum atomic E-state index is -0.417. The van der Waals surface area contributed by atoms with Crippen LogP contribution in [0, 0.1) is 6.92 Å². The number of aryl methyl sites for hydroxylation is 1. The van der Waals surface area contributed by atoms with Gasteiger partial charge in [0.2, 0.25) is 12.2 Å². The van der Waals surface area contributed by atoms with Crippen molar-refractivity contribution in [3.8, 4) is 11.4 Å². The Bertz CT molecular complexity index is 424. The van der Waals surface area contributed by atoms with E-state index in [-0.39, 0.29) is 0 Å². The quantitative estimate of drug-likeness (QED) is 0.846. The first-order chi connectivity index (χ1) is 8.75. The fraction of sp³-hybridized carbons (Fsp3) is 0.385. The highest BCUT2D eigenvalue weighted by Gasteiger charge is 2.18. The van der Waals surface area contributed by atoms with Crippen LogP contribution in [0.4, 0.5) is 4.39 Å². The Labute approximate surface area is 106 Å². The average Bonchev–Trinajstić information content (AvgIpc) is 3.01. The summed E-state index contributed by atoms with van der Waals surface area (Å²) < 4.78 is 15.7. The van der Waals surface area contributed by atoms with Crippen LogP contribution in [0.5, 0.6) is 0 Å². The van der Waals surface area contributed by atoms with Crippen LogP contribution in [-0.2, 0) is 0 Å². The molecule has 18 heavy (non-hydrogen) atoms. The molecule has 1 saturated carbocycles. The number of hydrogen-bond donors (Lipinski definition) is 1. The number of benzene rings is 1. The maximum Gasteiger partial charge on any atom is 0.214 e. The van der Waals surface area contributed by atoms with Gasteiger partial charge in [0.1, 0.15) is 6.17 Å². The Balaban J connectivity index is 0.000000226. The van der Waals surface area contributed by atoms with Crippen LogP contribution >= 0.6 is 0 Å². The first kappa shape index (κ1) is 14.3. The molecule has 1 heterocycles. The second-order valence-electron chi connectivity index (χ2n) is 3.80. The second kappa shape index (κ2) is 7.55. The predicted octanol–water partition coefficient (Wildman–Crippen LogP) is 2.74. The van der Waals surface area contributed by atoms with Crippen LogP contribution in [0.2, 0.25) is 0 Å². The monoisotopic (exact) mass is 251 g/mol. The summed E-state index contributed by atoms with van der Waals surface area (Å²) in [6.45, 7) is 2.04. The van der Waals surface area contributed by atoms with Gasteiger partial charge in [0.15, 0.2) is 0 Å². The normalized spacial score (nSPS) is 12.9. The molecule has 5 heteroatoms. The number of halogens is 1. The van der Waals surface area contributed by atoms with Gasteiger partial charge < -0.3 is 10.3 Å². The fourth-order valence-corrected chi connectivity index (χ4v) is 1.06. The van der Waals surface area contributed by atoms with E-state index in [9.17, 15) is 4.39 Å². The van der Waals surface area contributed by atoms with E-state index in [1.165, 1.54) is 19.0 Å². The Morgan fingerprint density at radius 1 is 1.22 bits per heavy atom. The van der Waals surface area contributed by atoms with Crippen LogP contribution in [0.3, 0.4) is 0 Å². The molecule has 2 aromatic rings. The Morgan fingerprint density at radius 2 is 1.78 bits per heavy atom. The summed E-state index contributed by atoms with van der Waals surface area (Å²) in [7, 11) is 1.50. The van der Waals surface area contributed by atoms with E-state index in [2.05, 4.69) is 20.4 Å². The summed E-state index contributed by atoms with van der Waals surface area (Å²) in [5.41, 5.74) is 6.71. The summed E-state index contributed by atoms with van der Waals surface area (Å²) in [5.74, 6) is 0.634. The molecule has 98 valence electrons. The van der Waals surface area contributed by atoms with Gasteiger partial charge in [-0.2, -0.15) is 4.98 Å². The molecule has 2 N–H and O–H groups in total. The third-order valence-corrected chi connectivity index (χ3v) is 2.18. The van der Waals surface area contributed by atoms with Crippen molar-refractivity contribution >= 4 is 0 Å². The largest absolute Gasteiger partial charge is 0.342 e. The Kier molecular flexibility index (Phi) is 6.00. The van der Waals surface area contributed by atoms with Gasteiger partial charge in [0.05, 0.1) is 0 Å². The van der Waals surface area contributed by atoms with E-state index in [4.69, 9.17) is 0 Å². The third kappa shape index (κ3) is 5.05. The lowest BCUT2D eigenvalue weighted by molar-refractivity contribution is 0.419. The predicted molar refractivity (Wildman–Crippen MR) is 68.7 cm³/mol. The highest BCUT2D eigenvalue weighted by Crippen LogP contribution is 2.22. The molecule has 0 bridgehead atoms. The smallest absolute Gasteiger partial charge is 0.214 e. The highest BCUT2D eigenvalue weighted by molar-refractivity contribution is 5.54. The van der Waals surface area contributed by atoms with Crippen molar-refractivity contribution in [3.05, 3.63) is 36.2 Å². The molecule has 1 aromatic carbocycles. The van der Waals surface area contributed by atoms with Crippen molar-refractivity contribution in [1.29, 1.82) is 0 Å². The van der Waals surface area contributed by atoms with Crippen molar-refractivity contribution < 1.29 is 8.91 Å². The third-order valence-electron chi connectivity index (χ3n) is 2.18. The van der Waals surface area contributed by atoms with Gasteiger partial charge >= 0.3 is 0 Å². The van der Waals surface area contributed by atoms with E-state index in [1.54, 1.807) is 0 Å². The van der Waals surface area contributed by atoms with Crippen molar-refractivity contribution in [2.24, 2.45) is 5.73 Å². The van der Waals surface area contributed by atoms with Crippen LogP contribution in [0.25, 0.3) is 11.4 Å². The lowest BCUT2D eigenvalue weighted by Crippen LogP contribution is -1.79. The first-order valence-electron chi connectivity index (χ1n) is 5.81. The molecule has 1 aliphatic carbocycles. The van der Waals surface area contributed by atoms with Gasteiger partial charge in [-0.3, -0.25) is 0 Å². The zero-order valence-corrected chi connectivity index (χ0v) is 10.6. The fourth-order valence-electron chi connectivity index (χ4n) is 1.06. The zero-order valence-electron chi connectivity index (χ0n) is 10.6. The number of nitrogens with zero attached hydrogens (tertiary/aromatic N) is 2. The van der Waals surface area contributed by atoms with Crippen molar-refractivity contribution in [2.45, 2.75) is 25.9 Å². The first-order valence-corrected chi connectivity index (χ1v) is 5.81. The van der Waals surface area contributed by atoms with Crippen molar-refractivity contribution in [3.63, 3.8) is 0 Å². The molecule has 1 fully saturated rings. The molecule has 0 amide bonds. The highest BCUT2D eigenvalue weighted by atomic mass is 19.1. The van der Waals surface area contributed by atoms with E-state index in [0.29, 0.717) is 5.82 Å². The minimum absolute atomic E-state index is 0.417. The summed E-state index contributed by atoms with van der Waals surface area (Å²) in [4.78, 5) is 3.94. The topological polar surface area (TPSA) is 64.9 Å². The summed E-state index contributed by atoms with van der Waals surface area (Å²) in [5, 5.41) is 3.73. The number of rotatable bonds is 1. The molecule has 0 unspecified atom stereocenters. The molecule has 1 aromatic heterocycles. The minimum Gasteiger partial charge on any atom is -0.342 e. The van der Waals surface area contributed by atoms with Gasteiger partial charge in [0.25, 0.3) is 0 Å². The Hall–Kier alpha value is -1.75.